The van der Waals surface area contributed by atoms with Crippen LogP contribution in [0.25, 0.3) is 0 Å². The van der Waals surface area contributed by atoms with E-state index in [2.05, 4.69) is 31.9 Å². The van der Waals surface area contributed by atoms with Gasteiger partial charge >= 0.3 is 24.4 Å². The number of amides is 6. The molecule has 0 rings (SSSR count). The highest BCUT2D eigenvalue weighted by molar-refractivity contribution is 5.86. The van der Waals surface area contributed by atoms with Gasteiger partial charge in [-0.05, 0) is 134 Å². The molecule has 0 fully saturated rings. The van der Waals surface area contributed by atoms with Gasteiger partial charge in [0.1, 0.15) is 34.5 Å². The van der Waals surface area contributed by atoms with Crippen LogP contribution in [0.2, 0.25) is 0 Å². The number of rotatable bonds is 24. The maximum Gasteiger partial charge on any atom is 0.408 e. The van der Waals surface area contributed by atoms with E-state index in [9.17, 15) is 28.8 Å². The smallest absolute Gasteiger partial charge is 0.408 e. The van der Waals surface area contributed by atoms with Crippen molar-refractivity contribution in [3.05, 3.63) is 0 Å². The number of carbonyl (C=O) groups excluding carboxylic acids is 6. The second-order valence-electron chi connectivity index (χ2n) is 18.3. The molecule has 57 heavy (non-hydrogen) atoms. The Kier molecular flexibility index (Phi) is 25.0. The average molecular weight is 815 g/mol. The van der Waals surface area contributed by atoms with Crippen molar-refractivity contribution in [1.29, 1.82) is 0 Å². The van der Waals surface area contributed by atoms with Crippen molar-refractivity contribution in [2.75, 3.05) is 26.2 Å². The average Bonchev–Trinajstić information content (AvgIpc) is 3.02. The summed E-state index contributed by atoms with van der Waals surface area (Å²) in [5.41, 5.74) is -2.58. The molecule has 0 aliphatic rings. The van der Waals surface area contributed by atoms with Crippen molar-refractivity contribution in [3.63, 3.8) is 0 Å². The minimum absolute atomic E-state index is 0.276. The van der Waals surface area contributed by atoms with Crippen LogP contribution >= 0.6 is 0 Å². The lowest BCUT2D eigenvalue weighted by Gasteiger charge is -2.23. The normalized spacial score (nSPS) is 13.0. The first kappa shape index (κ1) is 53.0. The van der Waals surface area contributed by atoms with Gasteiger partial charge in [-0.2, -0.15) is 0 Å². The molecule has 0 aromatic heterocycles. The standard InChI is InChI=1S/C41H78N6O10/c1-38(2,3)54-34(50)44-28-22-18-24-30(46-36(52)56-40(7,8)9)32(48)42-26-20-16-14-13-15-17-21-27-43-33(49)31(47-37(53)57-41(10,11)12)25-19-23-29-45-35(51)55-39(4,5)6/h30-31H,13-29H2,1-12H3,(H,42,48)(H,43,49)(H,44,50)(H,45,51)(H,46,52)(H,47,53)/t30-,31-/m0/s1. The Morgan fingerprint density at radius 1 is 0.351 bits per heavy atom. The number of unbranched alkanes of at least 4 members (excludes halogenated alkanes) is 8. The Labute approximate surface area is 342 Å². The maximum atomic E-state index is 13.0. The minimum atomic E-state index is -0.765. The summed E-state index contributed by atoms with van der Waals surface area (Å²) in [6.07, 6.45) is 7.32. The second kappa shape index (κ2) is 26.8. The van der Waals surface area contributed by atoms with E-state index in [-0.39, 0.29) is 11.8 Å². The molecule has 6 N–H and O–H groups in total. The minimum Gasteiger partial charge on any atom is -0.444 e. The highest BCUT2D eigenvalue weighted by Gasteiger charge is 2.26. The predicted octanol–water partition coefficient (Wildman–Crippen LogP) is 7.13. The highest BCUT2D eigenvalue weighted by Crippen LogP contribution is 2.12. The monoisotopic (exact) mass is 815 g/mol. The Hall–Kier alpha value is -3.98. The number of hydrogen-bond acceptors (Lipinski definition) is 10. The zero-order valence-corrected chi connectivity index (χ0v) is 37.3. The van der Waals surface area contributed by atoms with Crippen LogP contribution < -0.4 is 31.9 Å². The van der Waals surface area contributed by atoms with Gasteiger partial charge in [0.15, 0.2) is 0 Å². The van der Waals surface area contributed by atoms with Crippen LogP contribution in [0.5, 0.6) is 0 Å². The van der Waals surface area contributed by atoms with Gasteiger partial charge in [0.25, 0.3) is 0 Å². The third-order valence-corrected chi connectivity index (χ3v) is 7.64. The summed E-state index contributed by atoms with van der Waals surface area (Å²) in [4.78, 5) is 74.6. The summed E-state index contributed by atoms with van der Waals surface area (Å²) in [6.45, 7) is 23.0. The first-order valence-electron chi connectivity index (χ1n) is 20.7. The van der Waals surface area contributed by atoms with Crippen LogP contribution in [0.15, 0.2) is 0 Å². The SMILES string of the molecule is CC(C)(C)OC(=O)NCCCC[C@H](NC(=O)OC(C)(C)C)C(=O)NCCCCCCCCCNC(=O)[C@H](CCCCNC(=O)OC(C)(C)C)NC(=O)OC(C)(C)C. The quantitative estimate of drug-likeness (QED) is 0.0429. The Morgan fingerprint density at radius 3 is 0.895 bits per heavy atom. The van der Waals surface area contributed by atoms with Crippen molar-refractivity contribution >= 4 is 36.2 Å². The molecule has 0 saturated heterocycles. The van der Waals surface area contributed by atoms with Crippen molar-refractivity contribution in [3.8, 4) is 0 Å². The molecule has 16 heteroatoms. The van der Waals surface area contributed by atoms with Crippen LogP contribution in [0, 0.1) is 0 Å². The topological polar surface area (TPSA) is 212 Å². The van der Waals surface area contributed by atoms with Crippen LogP contribution in [0.4, 0.5) is 19.2 Å². The summed E-state index contributed by atoms with van der Waals surface area (Å²) in [5, 5.41) is 16.7. The van der Waals surface area contributed by atoms with Gasteiger partial charge in [-0.1, -0.05) is 32.1 Å². The number of hydrogen-bond donors (Lipinski definition) is 6. The number of nitrogens with one attached hydrogen (secondary N) is 6. The van der Waals surface area contributed by atoms with E-state index in [4.69, 9.17) is 18.9 Å². The summed E-state index contributed by atoms with van der Waals surface area (Å²) in [7, 11) is 0. The zero-order valence-electron chi connectivity index (χ0n) is 37.3. The second-order valence-corrected chi connectivity index (χ2v) is 18.3. The molecule has 0 aromatic rings. The van der Waals surface area contributed by atoms with E-state index in [1.54, 1.807) is 83.1 Å². The Bertz CT molecular complexity index is 1130. The molecular weight excluding hydrogens is 736 g/mol. The van der Waals surface area contributed by atoms with Crippen LogP contribution in [-0.4, -0.2) is 96.9 Å². The molecular formula is C41H78N6O10. The molecule has 0 unspecified atom stereocenters. The van der Waals surface area contributed by atoms with E-state index in [0.717, 1.165) is 44.9 Å². The molecule has 0 aliphatic carbocycles. The van der Waals surface area contributed by atoms with E-state index in [1.165, 1.54) is 0 Å². The van der Waals surface area contributed by atoms with Crippen molar-refractivity contribution in [2.45, 2.75) is 201 Å². The zero-order chi connectivity index (χ0) is 43.7. The van der Waals surface area contributed by atoms with Gasteiger partial charge in [0, 0.05) is 26.2 Å². The highest BCUT2D eigenvalue weighted by atomic mass is 16.6. The van der Waals surface area contributed by atoms with E-state index >= 15 is 0 Å². The molecule has 0 saturated carbocycles. The third kappa shape index (κ3) is 33.8. The molecule has 332 valence electrons. The van der Waals surface area contributed by atoms with E-state index in [1.807, 2.05) is 0 Å². The number of ether oxygens (including phenoxy) is 4. The van der Waals surface area contributed by atoms with Crippen LogP contribution in [0.3, 0.4) is 0 Å². The largest absolute Gasteiger partial charge is 0.444 e. The van der Waals surface area contributed by atoms with Gasteiger partial charge in [-0.15, -0.1) is 0 Å². The summed E-state index contributed by atoms with van der Waals surface area (Å²) in [5.74, 6) is -0.552. The lowest BCUT2D eigenvalue weighted by atomic mass is 10.1. The fourth-order valence-electron chi connectivity index (χ4n) is 5.20. The predicted molar refractivity (Wildman–Crippen MR) is 221 cm³/mol. The van der Waals surface area contributed by atoms with Gasteiger partial charge < -0.3 is 50.8 Å². The summed E-state index contributed by atoms with van der Waals surface area (Å²) < 4.78 is 21.2. The van der Waals surface area contributed by atoms with Crippen LogP contribution in [0.1, 0.15) is 167 Å². The first-order chi connectivity index (χ1) is 26.3. The molecule has 0 aromatic carbocycles. The van der Waals surface area contributed by atoms with Crippen LogP contribution in [-0.2, 0) is 28.5 Å². The lowest BCUT2D eigenvalue weighted by Crippen LogP contribution is -2.48. The van der Waals surface area contributed by atoms with Crippen molar-refractivity contribution < 1.29 is 47.7 Å². The molecule has 0 bridgehead atoms. The molecule has 0 aliphatic heterocycles. The lowest BCUT2D eigenvalue weighted by molar-refractivity contribution is -0.124. The number of alkyl carbamates (subject to hydrolysis) is 4. The fraction of sp³-hybridized carbons (Fsp3) is 0.854. The van der Waals surface area contributed by atoms with Crippen molar-refractivity contribution in [1.82, 2.24) is 31.9 Å². The fourth-order valence-corrected chi connectivity index (χ4v) is 5.20. The van der Waals surface area contributed by atoms with Gasteiger partial charge in [-0.25, -0.2) is 19.2 Å². The Morgan fingerprint density at radius 2 is 0.596 bits per heavy atom. The summed E-state index contributed by atoms with van der Waals surface area (Å²) in [6, 6.07) is -1.53. The van der Waals surface area contributed by atoms with Gasteiger partial charge in [0.05, 0.1) is 0 Å². The molecule has 0 heterocycles. The van der Waals surface area contributed by atoms with Gasteiger partial charge in [-0.3, -0.25) is 9.59 Å². The van der Waals surface area contributed by atoms with E-state index in [0.29, 0.717) is 64.7 Å². The molecule has 0 radical (unpaired) electrons. The van der Waals surface area contributed by atoms with Gasteiger partial charge in [0.2, 0.25) is 11.8 Å². The molecule has 0 spiro atoms. The molecule has 6 amide bonds. The maximum absolute atomic E-state index is 13.0. The first-order valence-corrected chi connectivity index (χ1v) is 20.7. The molecule has 2 atom stereocenters. The third-order valence-electron chi connectivity index (χ3n) is 7.64. The van der Waals surface area contributed by atoms with E-state index < -0.39 is 58.9 Å². The van der Waals surface area contributed by atoms with Crippen molar-refractivity contribution in [2.24, 2.45) is 0 Å². The molecule has 16 nitrogen and oxygen atoms in total. The summed E-state index contributed by atoms with van der Waals surface area (Å²) >= 11 is 0. The Balaban J connectivity index is 4.55. The number of carbonyl (C=O) groups is 6.